The van der Waals surface area contributed by atoms with Gasteiger partial charge in [-0.05, 0) is 68.2 Å². The first-order valence-corrected chi connectivity index (χ1v) is 9.60. The monoisotopic (exact) mass is 393 g/mol. The minimum Gasteiger partial charge on any atom is -0.332 e. The smallest absolute Gasteiger partial charge is 0.250 e. The Balaban J connectivity index is 1.55. The van der Waals surface area contributed by atoms with E-state index >= 15 is 0 Å². The van der Waals surface area contributed by atoms with Crippen LogP contribution in [0.25, 0.3) is 6.08 Å². The average Bonchev–Trinajstić information content (AvgIpc) is 3.49. The van der Waals surface area contributed by atoms with Crippen LogP contribution in [0.4, 0.5) is 11.4 Å². The number of hydrogen-bond acceptors (Lipinski definition) is 3. The zero-order chi connectivity index (χ0) is 20.1. The lowest BCUT2D eigenvalue weighted by molar-refractivity contribution is -0.117. The van der Waals surface area contributed by atoms with Gasteiger partial charge in [0.05, 0.1) is 0 Å². The summed E-state index contributed by atoms with van der Waals surface area (Å²) in [6.45, 7) is 3.94. The normalized spacial score (nSPS) is 13.2. The first kappa shape index (κ1) is 19.8. The Labute approximate surface area is 170 Å². The topological polar surface area (TPSA) is 70.2 Å². The molecule has 1 aliphatic carbocycles. The standard InChI is InChI=1S/C22H23N3O2S/c1-14-3-6-16(7-4-14)8-12-20(26)25-22(28)23-18-11-5-15(2)19(13-18)24-21(27)17-9-10-17/h3-8,11-13,17H,9-10H2,1-2H3,(H,24,27)(H2,23,25,26,28)/b12-8+. The zero-order valence-corrected chi connectivity index (χ0v) is 16.7. The predicted molar refractivity (Wildman–Crippen MR) is 117 cm³/mol. The molecule has 2 aromatic carbocycles. The van der Waals surface area contributed by atoms with Gasteiger partial charge in [-0.15, -0.1) is 0 Å². The van der Waals surface area contributed by atoms with E-state index in [1.807, 2.05) is 56.3 Å². The molecule has 0 saturated heterocycles. The third kappa shape index (κ3) is 5.76. The SMILES string of the molecule is Cc1ccc(/C=C/C(=O)NC(=S)Nc2ccc(C)c(NC(=O)C3CC3)c2)cc1. The van der Waals surface area contributed by atoms with E-state index < -0.39 is 0 Å². The van der Waals surface area contributed by atoms with E-state index in [2.05, 4.69) is 16.0 Å². The number of benzene rings is 2. The first-order valence-electron chi connectivity index (χ1n) is 9.19. The summed E-state index contributed by atoms with van der Waals surface area (Å²) in [6.07, 6.45) is 5.08. The molecular weight excluding hydrogens is 370 g/mol. The molecular formula is C22H23N3O2S. The van der Waals surface area contributed by atoms with Crippen LogP contribution in [0.15, 0.2) is 48.5 Å². The van der Waals surface area contributed by atoms with E-state index in [9.17, 15) is 9.59 Å². The molecule has 0 aromatic heterocycles. The second-order valence-electron chi connectivity index (χ2n) is 6.98. The maximum Gasteiger partial charge on any atom is 0.250 e. The van der Waals surface area contributed by atoms with E-state index in [1.165, 1.54) is 6.08 Å². The van der Waals surface area contributed by atoms with Crippen LogP contribution in [0.1, 0.15) is 29.5 Å². The predicted octanol–water partition coefficient (Wildman–Crippen LogP) is 4.18. The van der Waals surface area contributed by atoms with Crippen molar-refractivity contribution >= 4 is 46.6 Å². The summed E-state index contributed by atoms with van der Waals surface area (Å²) in [5.41, 5.74) is 4.52. The number of amides is 2. The number of nitrogens with one attached hydrogen (secondary N) is 3. The Kier molecular flexibility index (Phi) is 6.21. The minimum absolute atomic E-state index is 0.0531. The average molecular weight is 394 g/mol. The fraction of sp³-hybridized carbons (Fsp3) is 0.227. The molecule has 2 aromatic rings. The Morgan fingerprint density at radius 1 is 1.04 bits per heavy atom. The molecule has 6 heteroatoms. The van der Waals surface area contributed by atoms with Gasteiger partial charge >= 0.3 is 0 Å². The van der Waals surface area contributed by atoms with Crippen molar-refractivity contribution < 1.29 is 9.59 Å². The third-order valence-corrected chi connectivity index (χ3v) is 4.65. The van der Waals surface area contributed by atoms with Crippen molar-refractivity contribution in [2.24, 2.45) is 5.92 Å². The molecule has 0 atom stereocenters. The van der Waals surface area contributed by atoms with Crippen LogP contribution in [-0.2, 0) is 9.59 Å². The molecule has 5 nitrogen and oxygen atoms in total. The van der Waals surface area contributed by atoms with E-state index in [4.69, 9.17) is 12.2 Å². The zero-order valence-electron chi connectivity index (χ0n) is 15.9. The van der Waals surface area contributed by atoms with Crippen LogP contribution in [0.5, 0.6) is 0 Å². The number of thiocarbonyl (C=S) groups is 1. The number of anilines is 2. The van der Waals surface area contributed by atoms with Crippen LogP contribution in [-0.4, -0.2) is 16.9 Å². The molecule has 0 bridgehead atoms. The Morgan fingerprint density at radius 2 is 1.75 bits per heavy atom. The van der Waals surface area contributed by atoms with Gasteiger partial charge in [-0.25, -0.2) is 0 Å². The molecule has 1 saturated carbocycles. The van der Waals surface area contributed by atoms with Crippen LogP contribution in [0, 0.1) is 19.8 Å². The van der Waals surface area contributed by atoms with Crippen molar-refractivity contribution in [2.75, 3.05) is 10.6 Å². The molecule has 144 valence electrons. The summed E-state index contributed by atoms with van der Waals surface area (Å²) in [6, 6.07) is 13.4. The van der Waals surface area contributed by atoms with Gasteiger partial charge < -0.3 is 10.6 Å². The molecule has 3 rings (SSSR count). The summed E-state index contributed by atoms with van der Waals surface area (Å²) >= 11 is 5.21. The third-order valence-electron chi connectivity index (χ3n) is 4.44. The second kappa shape index (κ2) is 8.80. The van der Waals surface area contributed by atoms with Crippen LogP contribution in [0.2, 0.25) is 0 Å². The van der Waals surface area contributed by atoms with Gasteiger partial charge in [-0.1, -0.05) is 35.9 Å². The van der Waals surface area contributed by atoms with Gasteiger partial charge in [0, 0.05) is 23.4 Å². The van der Waals surface area contributed by atoms with Crippen molar-refractivity contribution in [2.45, 2.75) is 26.7 Å². The molecule has 3 N–H and O–H groups in total. The van der Waals surface area contributed by atoms with Gasteiger partial charge in [0.2, 0.25) is 11.8 Å². The number of carbonyl (C=O) groups is 2. The molecule has 2 amide bonds. The lowest BCUT2D eigenvalue weighted by Gasteiger charge is -2.12. The van der Waals surface area contributed by atoms with Crippen molar-refractivity contribution in [1.29, 1.82) is 0 Å². The molecule has 0 heterocycles. The summed E-state index contributed by atoms with van der Waals surface area (Å²) in [4.78, 5) is 24.0. The summed E-state index contributed by atoms with van der Waals surface area (Å²) < 4.78 is 0. The quantitative estimate of drug-likeness (QED) is 0.527. The van der Waals surface area contributed by atoms with Crippen molar-refractivity contribution in [3.63, 3.8) is 0 Å². The Morgan fingerprint density at radius 3 is 2.43 bits per heavy atom. The van der Waals surface area contributed by atoms with E-state index in [0.29, 0.717) is 5.69 Å². The maximum atomic E-state index is 12.0. The molecule has 1 fully saturated rings. The van der Waals surface area contributed by atoms with E-state index in [0.717, 1.165) is 35.2 Å². The Bertz CT molecular complexity index is 931. The highest BCUT2D eigenvalue weighted by atomic mass is 32.1. The number of aryl methyl sites for hydroxylation is 2. The van der Waals surface area contributed by atoms with Crippen LogP contribution >= 0.6 is 12.2 Å². The van der Waals surface area contributed by atoms with E-state index in [1.54, 1.807) is 6.08 Å². The lowest BCUT2D eigenvalue weighted by atomic mass is 10.1. The van der Waals surface area contributed by atoms with E-state index in [-0.39, 0.29) is 22.8 Å². The summed E-state index contributed by atoms with van der Waals surface area (Å²) in [5, 5.41) is 8.74. The molecule has 0 unspecified atom stereocenters. The highest BCUT2D eigenvalue weighted by Crippen LogP contribution is 2.31. The highest BCUT2D eigenvalue weighted by molar-refractivity contribution is 7.80. The van der Waals surface area contributed by atoms with Gasteiger partial charge in [0.25, 0.3) is 0 Å². The van der Waals surface area contributed by atoms with Gasteiger partial charge in [-0.2, -0.15) is 0 Å². The summed E-state index contributed by atoms with van der Waals surface area (Å²) in [7, 11) is 0. The number of carbonyl (C=O) groups excluding carboxylic acids is 2. The van der Waals surface area contributed by atoms with Gasteiger partial charge in [0.1, 0.15) is 0 Å². The molecule has 0 aliphatic heterocycles. The van der Waals surface area contributed by atoms with Crippen molar-refractivity contribution in [3.8, 4) is 0 Å². The molecule has 0 radical (unpaired) electrons. The maximum absolute atomic E-state index is 12.0. The van der Waals surface area contributed by atoms with Gasteiger partial charge in [-0.3, -0.25) is 14.9 Å². The first-order chi connectivity index (χ1) is 13.4. The van der Waals surface area contributed by atoms with Crippen LogP contribution < -0.4 is 16.0 Å². The highest BCUT2D eigenvalue weighted by Gasteiger charge is 2.29. The number of rotatable bonds is 5. The summed E-state index contributed by atoms with van der Waals surface area (Å²) in [5.74, 6) is -0.124. The molecule has 28 heavy (non-hydrogen) atoms. The van der Waals surface area contributed by atoms with Crippen molar-refractivity contribution in [3.05, 3.63) is 65.2 Å². The lowest BCUT2D eigenvalue weighted by Crippen LogP contribution is -2.32. The molecule has 0 spiro atoms. The fourth-order valence-electron chi connectivity index (χ4n) is 2.58. The second-order valence-corrected chi connectivity index (χ2v) is 7.39. The fourth-order valence-corrected chi connectivity index (χ4v) is 2.80. The largest absolute Gasteiger partial charge is 0.332 e. The Hall–Kier alpha value is -2.99. The van der Waals surface area contributed by atoms with Crippen LogP contribution in [0.3, 0.4) is 0 Å². The van der Waals surface area contributed by atoms with Gasteiger partial charge in [0.15, 0.2) is 5.11 Å². The number of hydrogen-bond donors (Lipinski definition) is 3. The minimum atomic E-state index is -0.313. The van der Waals surface area contributed by atoms with Crippen molar-refractivity contribution in [1.82, 2.24) is 5.32 Å². The molecule has 1 aliphatic rings.